The molecule has 0 aromatic heterocycles. The summed E-state index contributed by atoms with van der Waals surface area (Å²) >= 11 is 0. The van der Waals surface area contributed by atoms with Crippen LogP contribution in [0.1, 0.15) is 11.1 Å². The Hall–Kier alpha value is -4.06. The van der Waals surface area contributed by atoms with Crippen LogP contribution in [0, 0.1) is 5.41 Å². The van der Waals surface area contributed by atoms with Gasteiger partial charge in [0.25, 0.3) is 11.8 Å². The highest BCUT2D eigenvalue weighted by atomic mass is 16.5. The van der Waals surface area contributed by atoms with Crippen LogP contribution in [0.4, 0.5) is 15.3 Å². The minimum atomic E-state index is -1.57. The number of hydrogen-bond donors (Lipinski definition) is 1. The molecule has 1 aromatic carbocycles. The smallest absolute Gasteiger partial charge is 0.332 e. The molecule has 12 nitrogen and oxygen atoms in total. The Morgan fingerprint density at radius 1 is 1.00 bits per heavy atom. The zero-order valence-corrected chi connectivity index (χ0v) is 19.4. The Balaban J connectivity index is 1.61. The Labute approximate surface area is 200 Å². The van der Waals surface area contributed by atoms with Crippen molar-refractivity contribution < 1.29 is 33.5 Å². The van der Waals surface area contributed by atoms with Crippen LogP contribution in [0.15, 0.2) is 23.8 Å². The van der Waals surface area contributed by atoms with Gasteiger partial charge in [-0.05, 0) is 35.8 Å². The van der Waals surface area contributed by atoms with E-state index in [4.69, 9.17) is 4.74 Å². The molecule has 1 N–H and O–H groups in total. The summed E-state index contributed by atoms with van der Waals surface area (Å²) in [5, 5.41) is 2.11. The van der Waals surface area contributed by atoms with Crippen molar-refractivity contribution in [2.24, 2.45) is 5.41 Å². The summed E-state index contributed by atoms with van der Waals surface area (Å²) < 4.78 is 5.65. The van der Waals surface area contributed by atoms with Gasteiger partial charge in [0.1, 0.15) is 5.57 Å². The molecule has 4 aliphatic heterocycles. The lowest BCUT2D eigenvalue weighted by atomic mass is 9.68. The number of rotatable bonds is 1. The van der Waals surface area contributed by atoms with Gasteiger partial charge in [-0.1, -0.05) is 6.07 Å². The van der Waals surface area contributed by atoms with E-state index in [1.54, 1.807) is 12.1 Å². The summed E-state index contributed by atoms with van der Waals surface area (Å²) in [5.41, 5.74) is 0.169. The standard InChI is InChI=1S/C23H23N5O7/c1-25-18(30)14(17(29)24-21(25)33)9-12-4-5-15-13(8-12)10-23(16-11-35-7-6-28(15)16)19(31)26(2)22(34)27(3)20(23)32/h4-5,8-9,16H,6-7,10-11H2,1-3H3,(H,24,29,33)/b14-9+/t16-/m1/s1. The average molecular weight is 481 g/mol. The molecule has 12 heteroatoms. The van der Waals surface area contributed by atoms with Crippen molar-refractivity contribution in [2.45, 2.75) is 12.5 Å². The molecule has 1 spiro atoms. The number of carbonyl (C=O) groups excluding carboxylic acids is 6. The largest absolute Gasteiger partial charge is 0.377 e. The van der Waals surface area contributed by atoms with Crippen molar-refractivity contribution in [2.75, 3.05) is 45.8 Å². The first-order valence-electron chi connectivity index (χ1n) is 11.0. The number of imide groups is 4. The van der Waals surface area contributed by atoms with Crippen LogP contribution in [0.2, 0.25) is 0 Å². The van der Waals surface area contributed by atoms with Crippen molar-refractivity contribution in [1.82, 2.24) is 20.0 Å². The molecule has 0 unspecified atom stereocenters. The number of carbonyl (C=O) groups is 6. The first-order chi connectivity index (χ1) is 16.6. The SMILES string of the molecule is CN1C(=O)NC(=O)/C(=C\c2ccc3c(c2)CC2(C(=O)N(C)C(=O)N(C)C2=O)[C@H]2COCCN32)C1=O. The van der Waals surface area contributed by atoms with Gasteiger partial charge >= 0.3 is 12.1 Å². The van der Waals surface area contributed by atoms with E-state index in [1.165, 1.54) is 27.2 Å². The van der Waals surface area contributed by atoms with Crippen LogP contribution in [-0.4, -0.2) is 97.3 Å². The Kier molecular flexibility index (Phi) is 5.02. The number of nitrogens with zero attached hydrogens (tertiary/aromatic N) is 4. The van der Waals surface area contributed by atoms with Gasteiger partial charge < -0.3 is 9.64 Å². The van der Waals surface area contributed by atoms with Crippen molar-refractivity contribution in [1.29, 1.82) is 0 Å². The third-order valence-electron chi connectivity index (χ3n) is 7.14. The van der Waals surface area contributed by atoms with Crippen molar-refractivity contribution >= 4 is 47.5 Å². The summed E-state index contributed by atoms with van der Waals surface area (Å²) in [7, 11) is 3.97. The molecule has 0 bridgehead atoms. The number of hydrogen-bond acceptors (Lipinski definition) is 8. The number of anilines is 1. The number of benzene rings is 1. The summed E-state index contributed by atoms with van der Waals surface area (Å²) in [5.74, 6) is -2.73. The van der Waals surface area contributed by atoms with Crippen LogP contribution in [-0.2, 0) is 30.3 Å². The van der Waals surface area contributed by atoms with Gasteiger partial charge in [0, 0.05) is 33.4 Å². The van der Waals surface area contributed by atoms with E-state index in [9.17, 15) is 28.8 Å². The summed E-state index contributed by atoms with van der Waals surface area (Å²) in [6.45, 7) is 0.989. The fourth-order valence-corrected chi connectivity index (χ4v) is 5.27. The molecule has 1 atom stereocenters. The second-order valence-corrected chi connectivity index (χ2v) is 9.01. The lowest BCUT2D eigenvalue weighted by molar-refractivity contribution is -0.161. The van der Waals surface area contributed by atoms with E-state index in [1.807, 2.05) is 11.0 Å². The molecular weight excluding hydrogens is 458 g/mol. The summed E-state index contributed by atoms with van der Waals surface area (Å²) in [6, 6.07) is 3.14. The van der Waals surface area contributed by atoms with Gasteiger partial charge in [-0.3, -0.25) is 39.2 Å². The molecule has 0 radical (unpaired) electrons. The van der Waals surface area contributed by atoms with Gasteiger partial charge in [0.05, 0.1) is 19.3 Å². The van der Waals surface area contributed by atoms with Crippen molar-refractivity contribution in [3.63, 3.8) is 0 Å². The number of ether oxygens (including phenoxy) is 1. The molecule has 4 aliphatic rings. The lowest BCUT2D eigenvalue weighted by Gasteiger charge is -2.54. The quantitative estimate of drug-likeness (QED) is 0.324. The number of barbiturate groups is 2. The fraction of sp³-hybridized carbons (Fsp3) is 0.391. The summed E-state index contributed by atoms with van der Waals surface area (Å²) in [4.78, 5) is 80.6. The molecule has 3 fully saturated rings. The number of morpholine rings is 1. The normalized spacial score (nSPS) is 25.3. The molecule has 182 valence electrons. The van der Waals surface area contributed by atoms with Crippen molar-refractivity contribution in [3.05, 3.63) is 34.9 Å². The van der Waals surface area contributed by atoms with E-state index in [0.29, 0.717) is 24.3 Å². The molecule has 8 amide bonds. The second kappa shape index (κ2) is 7.73. The van der Waals surface area contributed by atoms with Gasteiger partial charge in [-0.25, -0.2) is 9.59 Å². The van der Waals surface area contributed by atoms with Crippen LogP contribution in [0.3, 0.4) is 0 Å². The zero-order chi connectivity index (χ0) is 25.2. The highest BCUT2D eigenvalue weighted by Crippen LogP contribution is 2.46. The van der Waals surface area contributed by atoms with E-state index in [0.717, 1.165) is 20.4 Å². The zero-order valence-electron chi connectivity index (χ0n) is 19.4. The highest BCUT2D eigenvalue weighted by Gasteiger charge is 2.63. The van der Waals surface area contributed by atoms with Gasteiger partial charge in [-0.15, -0.1) is 0 Å². The minimum absolute atomic E-state index is 0.0159. The molecular formula is C23H23N5O7. The molecule has 4 heterocycles. The highest BCUT2D eigenvalue weighted by molar-refractivity contribution is 6.30. The number of amides is 8. The van der Waals surface area contributed by atoms with Crippen LogP contribution < -0.4 is 10.2 Å². The Bertz CT molecular complexity index is 1230. The molecule has 35 heavy (non-hydrogen) atoms. The third-order valence-corrected chi connectivity index (χ3v) is 7.14. The monoisotopic (exact) mass is 481 g/mol. The average Bonchev–Trinajstić information content (AvgIpc) is 2.86. The van der Waals surface area contributed by atoms with E-state index < -0.39 is 47.1 Å². The molecule has 0 saturated carbocycles. The Morgan fingerprint density at radius 3 is 2.37 bits per heavy atom. The van der Waals surface area contributed by atoms with Gasteiger partial charge in [0.15, 0.2) is 5.41 Å². The van der Waals surface area contributed by atoms with E-state index in [2.05, 4.69) is 5.32 Å². The van der Waals surface area contributed by atoms with Gasteiger partial charge in [0.2, 0.25) is 11.8 Å². The summed E-state index contributed by atoms with van der Waals surface area (Å²) in [6.07, 6.45) is 1.38. The molecule has 1 aromatic rings. The predicted octanol–water partition coefficient (Wildman–Crippen LogP) is -0.424. The van der Waals surface area contributed by atoms with Crippen LogP contribution in [0.5, 0.6) is 0 Å². The Morgan fingerprint density at radius 2 is 1.69 bits per heavy atom. The molecule has 3 saturated heterocycles. The van der Waals surface area contributed by atoms with Gasteiger partial charge in [-0.2, -0.15) is 0 Å². The molecule has 5 rings (SSSR count). The maximum absolute atomic E-state index is 13.5. The van der Waals surface area contributed by atoms with Crippen LogP contribution >= 0.6 is 0 Å². The number of likely N-dealkylation sites (N-methyl/N-ethyl adjacent to an activating group) is 1. The number of fused-ring (bicyclic) bond motifs is 4. The number of urea groups is 2. The van der Waals surface area contributed by atoms with E-state index in [-0.39, 0.29) is 18.6 Å². The first kappa shape index (κ1) is 22.7. The topological polar surface area (TPSA) is 137 Å². The van der Waals surface area contributed by atoms with Crippen molar-refractivity contribution in [3.8, 4) is 0 Å². The van der Waals surface area contributed by atoms with E-state index >= 15 is 0 Å². The third kappa shape index (κ3) is 3.09. The minimum Gasteiger partial charge on any atom is -0.377 e. The first-order valence-corrected chi connectivity index (χ1v) is 11.0. The van der Waals surface area contributed by atoms with Crippen LogP contribution in [0.25, 0.3) is 6.08 Å². The molecule has 0 aliphatic carbocycles. The maximum Gasteiger partial charge on any atom is 0.332 e. The predicted molar refractivity (Wildman–Crippen MR) is 120 cm³/mol. The number of nitrogens with one attached hydrogen (secondary N) is 1. The lowest BCUT2D eigenvalue weighted by Crippen LogP contribution is -2.73. The maximum atomic E-state index is 13.5. The second-order valence-electron chi connectivity index (χ2n) is 9.01. The fourth-order valence-electron chi connectivity index (χ4n) is 5.27.